The van der Waals surface area contributed by atoms with E-state index >= 15 is 0 Å². The Bertz CT molecular complexity index is 1520. The summed E-state index contributed by atoms with van der Waals surface area (Å²) in [4.78, 5) is 4.34. The molecule has 138 valence electrons. The Morgan fingerprint density at radius 1 is 1.14 bits per heavy atom. The third-order valence-corrected chi connectivity index (χ3v) is 6.07. The Hall–Kier alpha value is -3.14. The zero-order valence-electron chi connectivity index (χ0n) is 18.9. The fourth-order valence-electron chi connectivity index (χ4n) is 4.81. The van der Waals surface area contributed by atoms with Gasteiger partial charge in [0.2, 0.25) is 5.71 Å². The van der Waals surface area contributed by atoms with Gasteiger partial charge in [0.1, 0.15) is 5.56 Å². The first-order chi connectivity index (χ1) is 14.8. The highest BCUT2D eigenvalue weighted by Crippen LogP contribution is 2.38. The lowest BCUT2D eigenvalue weighted by Crippen LogP contribution is -2.39. The summed E-state index contributed by atoms with van der Waals surface area (Å²) in [7, 11) is 2.11. The monoisotopic (exact) mass is 371 g/mol. The van der Waals surface area contributed by atoms with Crippen molar-refractivity contribution < 1.29 is 13.1 Å². The van der Waals surface area contributed by atoms with Crippen molar-refractivity contribution in [1.29, 1.82) is 0 Å². The van der Waals surface area contributed by atoms with E-state index in [4.69, 9.17) is 8.53 Å². The summed E-state index contributed by atoms with van der Waals surface area (Å²) >= 11 is 0. The average molecular weight is 371 g/mol. The van der Waals surface area contributed by atoms with E-state index < -0.39 is 6.85 Å². The largest absolute Gasteiger partial charge is 0.437 e. The van der Waals surface area contributed by atoms with Crippen LogP contribution in [0.15, 0.2) is 46.9 Å². The summed E-state index contributed by atoms with van der Waals surface area (Å²) < 4.78 is 34.0. The Kier molecular flexibility index (Phi) is 2.55. The molecule has 0 aliphatic carbocycles. The van der Waals surface area contributed by atoms with E-state index in [2.05, 4.69) is 52.4 Å². The molecule has 28 heavy (non-hydrogen) atoms. The van der Waals surface area contributed by atoms with E-state index in [-0.39, 0.29) is 5.69 Å². The first kappa shape index (κ1) is 13.1. The van der Waals surface area contributed by atoms with Crippen LogP contribution in [0.2, 0.25) is 0 Å². The lowest BCUT2D eigenvalue weighted by atomic mass is 10.0. The van der Waals surface area contributed by atoms with E-state index in [0.717, 1.165) is 52.7 Å². The van der Waals surface area contributed by atoms with E-state index in [1.807, 2.05) is 12.1 Å². The second-order valence-corrected chi connectivity index (χ2v) is 7.71. The first-order valence-electron chi connectivity index (χ1n) is 11.2. The van der Waals surface area contributed by atoms with Crippen LogP contribution in [-0.2, 0) is 20.0 Å². The number of imidazole rings is 1. The van der Waals surface area contributed by atoms with Gasteiger partial charge < -0.3 is 4.42 Å². The summed E-state index contributed by atoms with van der Waals surface area (Å²) in [6.07, 6.45) is 2.20. The Morgan fingerprint density at radius 2 is 2.04 bits per heavy atom. The van der Waals surface area contributed by atoms with E-state index in [1.165, 1.54) is 16.6 Å². The smallest absolute Gasteiger partial charge is 0.293 e. The van der Waals surface area contributed by atoms with Gasteiger partial charge >= 0.3 is 0 Å². The Labute approximate surface area is 167 Å². The zero-order valence-corrected chi connectivity index (χ0v) is 15.9. The molecule has 5 aromatic rings. The number of hydrogen-bond donors (Lipinski definition) is 0. The molecule has 4 heteroatoms. The van der Waals surface area contributed by atoms with Crippen molar-refractivity contribution in [1.82, 2.24) is 9.55 Å². The van der Waals surface area contributed by atoms with Crippen molar-refractivity contribution in [3.63, 3.8) is 0 Å². The predicted molar refractivity (Wildman–Crippen MR) is 111 cm³/mol. The summed E-state index contributed by atoms with van der Waals surface area (Å²) in [5, 5.41) is 1.79. The fraction of sp³-hybridized carbons (Fsp3) is 0.250. The van der Waals surface area contributed by atoms with Gasteiger partial charge in [-0.15, -0.1) is 0 Å². The lowest BCUT2D eigenvalue weighted by molar-refractivity contribution is -0.664. The van der Waals surface area contributed by atoms with Crippen LogP contribution in [0, 0.1) is 13.8 Å². The number of para-hydroxylation sites is 1. The normalized spacial score (nSPS) is 15.9. The number of hydrogen-bond acceptors (Lipinski definition) is 2. The van der Waals surface area contributed by atoms with Gasteiger partial charge in [-0.1, -0.05) is 24.3 Å². The topological polar surface area (TPSA) is 34.8 Å². The molecule has 0 saturated heterocycles. The van der Waals surface area contributed by atoms with Crippen LogP contribution in [0.4, 0.5) is 0 Å². The molecule has 0 saturated carbocycles. The van der Waals surface area contributed by atoms with Gasteiger partial charge in [-0.05, 0) is 50.4 Å². The summed E-state index contributed by atoms with van der Waals surface area (Å²) in [6.45, 7) is 0.789. The second kappa shape index (κ2) is 5.44. The molecule has 6 rings (SSSR count). The van der Waals surface area contributed by atoms with Gasteiger partial charge in [-0.3, -0.25) is 0 Å². The number of aryl methyl sites for hydroxylation is 5. The number of fused-ring (bicyclic) bond motifs is 3. The van der Waals surface area contributed by atoms with Gasteiger partial charge in [-0.25, -0.2) is 14.1 Å². The van der Waals surface area contributed by atoms with Gasteiger partial charge in [0, 0.05) is 26.1 Å². The van der Waals surface area contributed by atoms with Crippen molar-refractivity contribution in [2.24, 2.45) is 7.05 Å². The third-order valence-electron chi connectivity index (χ3n) is 6.07. The van der Waals surface area contributed by atoms with Gasteiger partial charge in [-0.2, -0.15) is 0 Å². The summed E-state index contributed by atoms with van der Waals surface area (Å²) in [5.74, 6) is 1.11. The number of pyridine rings is 1. The molecule has 3 aromatic heterocycles. The summed E-state index contributed by atoms with van der Waals surface area (Å²) in [5.41, 5.74) is 7.21. The standard InChI is InChI=1S/C24H22N3O/c1-14-9-11-17-18-12-10-15(2)25-23(18)28-22(17)20(14)24-26(3)19-8-4-6-16-7-5-13-27(24)21(16)19/h4,6,8-12H,5,7,13H2,1-3H3/q+1/i2D3. The molecule has 2 aromatic carbocycles. The first-order valence-corrected chi connectivity index (χ1v) is 9.68. The Morgan fingerprint density at radius 3 is 2.93 bits per heavy atom. The van der Waals surface area contributed by atoms with Crippen molar-refractivity contribution in [3.05, 3.63) is 59.3 Å². The molecule has 0 bridgehead atoms. The van der Waals surface area contributed by atoms with Crippen molar-refractivity contribution in [2.75, 3.05) is 0 Å². The molecule has 4 nitrogen and oxygen atoms in total. The fourth-order valence-corrected chi connectivity index (χ4v) is 4.81. The highest BCUT2D eigenvalue weighted by molar-refractivity contribution is 6.08. The van der Waals surface area contributed by atoms with Crippen LogP contribution < -0.4 is 4.57 Å². The number of nitrogens with zero attached hydrogens (tertiary/aromatic N) is 3. The third kappa shape index (κ3) is 1.95. The molecular weight excluding hydrogens is 346 g/mol. The number of benzene rings is 2. The number of aromatic nitrogens is 3. The van der Waals surface area contributed by atoms with Crippen LogP contribution in [0.5, 0.6) is 0 Å². The second-order valence-electron chi connectivity index (χ2n) is 7.71. The molecule has 1 aliphatic heterocycles. The van der Waals surface area contributed by atoms with Crippen molar-refractivity contribution in [3.8, 4) is 11.4 Å². The van der Waals surface area contributed by atoms with Gasteiger partial charge in [0.25, 0.3) is 5.82 Å². The highest BCUT2D eigenvalue weighted by atomic mass is 16.3. The maximum absolute atomic E-state index is 7.69. The minimum absolute atomic E-state index is 0.0519. The predicted octanol–water partition coefficient (Wildman–Crippen LogP) is 4.99. The maximum atomic E-state index is 7.69. The molecule has 1 aliphatic rings. The highest BCUT2D eigenvalue weighted by Gasteiger charge is 2.31. The SMILES string of the molecule is [2H]C([2H])([2H])c1ccc2c(n1)oc1c(-c3n(C)c4cccc5c4[n+]3CCC5)c(C)ccc12. The number of rotatable bonds is 1. The average Bonchev–Trinajstić information content (AvgIpc) is 3.24. The Balaban J connectivity index is 1.72. The lowest BCUT2D eigenvalue weighted by Gasteiger charge is -2.11. The molecule has 0 spiro atoms. The minimum atomic E-state index is -2.27. The molecule has 0 atom stereocenters. The zero-order chi connectivity index (χ0) is 21.5. The van der Waals surface area contributed by atoms with Gasteiger partial charge in [0.05, 0.1) is 13.6 Å². The van der Waals surface area contributed by atoms with E-state index in [9.17, 15) is 0 Å². The summed E-state index contributed by atoms with van der Waals surface area (Å²) in [6, 6.07) is 14.1. The van der Waals surface area contributed by atoms with E-state index in [1.54, 1.807) is 6.07 Å². The molecule has 0 N–H and O–H groups in total. The van der Waals surface area contributed by atoms with Crippen LogP contribution >= 0.6 is 0 Å². The van der Waals surface area contributed by atoms with Crippen LogP contribution in [0.1, 0.15) is 27.4 Å². The molecule has 0 unspecified atom stereocenters. The van der Waals surface area contributed by atoms with Crippen LogP contribution in [0.3, 0.4) is 0 Å². The maximum Gasteiger partial charge on any atom is 0.293 e. The molecule has 0 fully saturated rings. The molecule has 4 heterocycles. The number of furan rings is 1. The quantitative estimate of drug-likeness (QED) is 0.389. The van der Waals surface area contributed by atoms with Crippen LogP contribution in [-0.4, -0.2) is 9.55 Å². The molecule has 0 amide bonds. The van der Waals surface area contributed by atoms with Crippen molar-refractivity contribution >= 4 is 33.1 Å². The van der Waals surface area contributed by atoms with E-state index in [0.29, 0.717) is 5.71 Å². The van der Waals surface area contributed by atoms with Gasteiger partial charge in [0.15, 0.2) is 16.6 Å². The van der Waals surface area contributed by atoms with Crippen LogP contribution in [0.25, 0.3) is 44.5 Å². The molecular formula is C24H22N3O+. The molecule has 0 radical (unpaired) electrons. The minimum Gasteiger partial charge on any atom is -0.437 e. The van der Waals surface area contributed by atoms with Crippen molar-refractivity contribution in [2.45, 2.75) is 33.2 Å².